The van der Waals surface area contributed by atoms with E-state index in [1.807, 2.05) is 36.7 Å². The molecule has 3 heterocycles. The van der Waals surface area contributed by atoms with Crippen LogP contribution in [0.3, 0.4) is 0 Å². The van der Waals surface area contributed by atoms with E-state index in [1.54, 1.807) is 0 Å². The topological polar surface area (TPSA) is 55.7 Å². The molecule has 3 aromatic rings. The van der Waals surface area contributed by atoms with Crippen molar-refractivity contribution < 1.29 is 0 Å². The Hall–Kier alpha value is -2.80. The summed E-state index contributed by atoms with van der Waals surface area (Å²) < 4.78 is 0. The lowest BCUT2D eigenvalue weighted by Crippen LogP contribution is -2.17. The number of pyridine rings is 1. The number of hydrogen-bond donors (Lipinski definition) is 1. The number of aromatic amines is 1. The molecule has 1 aliphatic heterocycles. The van der Waals surface area contributed by atoms with E-state index in [1.165, 1.54) is 18.5 Å². The van der Waals surface area contributed by atoms with Gasteiger partial charge in [0.15, 0.2) is 0 Å². The molecule has 1 N–H and O–H groups in total. The molecule has 0 saturated carbocycles. The van der Waals surface area contributed by atoms with E-state index in [9.17, 15) is 0 Å². The molecular formula is C18H16N4. The Morgan fingerprint density at radius 2 is 2.05 bits per heavy atom. The fraction of sp³-hybridized carbons (Fsp3) is 0.222. The third-order valence-corrected chi connectivity index (χ3v) is 4.29. The van der Waals surface area contributed by atoms with Gasteiger partial charge in [-0.1, -0.05) is 12.1 Å². The zero-order chi connectivity index (χ0) is 14.9. The van der Waals surface area contributed by atoms with Crippen LogP contribution in [-0.2, 0) is 0 Å². The molecule has 4 rings (SSSR count). The maximum absolute atomic E-state index is 9.08. The van der Waals surface area contributed by atoms with Gasteiger partial charge in [0.05, 0.1) is 23.5 Å². The van der Waals surface area contributed by atoms with Crippen molar-refractivity contribution in [2.75, 3.05) is 18.0 Å². The number of hydrogen-bond acceptors (Lipinski definition) is 3. The van der Waals surface area contributed by atoms with Crippen LogP contribution in [-0.4, -0.2) is 23.1 Å². The quantitative estimate of drug-likeness (QED) is 0.782. The summed E-state index contributed by atoms with van der Waals surface area (Å²) in [7, 11) is 0. The molecular weight excluding hydrogens is 272 g/mol. The highest BCUT2D eigenvalue weighted by Gasteiger charge is 2.15. The summed E-state index contributed by atoms with van der Waals surface area (Å²) >= 11 is 0. The van der Waals surface area contributed by atoms with E-state index in [2.05, 4.69) is 27.0 Å². The summed E-state index contributed by atoms with van der Waals surface area (Å²) in [5, 5.41) is 10.2. The van der Waals surface area contributed by atoms with E-state index in [0.717, 1.165) is 35.2 Å². The van der Waals surface area contributed by atoms with Crippen molar-refractivity contribution in [1.82, 2.24) is 9.97 Å². The Bertz CT molecular complexity index is 866. The van der Waals surface area contributed by atoms with Gasteiger partial charge in [0, 0.05) is 30.2 Å². The summed E-state index contributed by atoms with van der Waals surface area (Å²) in [6, 6.07) is 12.1. The van der Waals surface area contributed by atoms with Crippen molar-refractivity contribution in [2.24, 2.45) is 0 Å². The predicted octanol–water partition coefficient (Wildman–Crippen LogP) is 3.70. The van der Waals surface area contributed by atoms with Crippen molar-refractivity contribution in [3.63, 3.8) is 0 Å². The summed E-state index contributed by atoms with van der Waals surface area (Å²) in [5.41, 5.74) is 4.89. The van der Waals surface area contributed by atoms with Crippen LogP contribution in [0.5, 0.6) is 0 Å². The van der Waals surface area contributed by atoms with E-state index >= 15 is 0 Å². The number of fused-ring (bicyclic) bond motifs is 1. The molecule has 1 fully saturated rings. The zero-order valence-electron chi connectivity index (χ0n) is 12.2. The van der Waals surface area contributed by atoms with Gasteiger partial charge in [-0.25, -0.2) is 4.98 Å². The second-order valence-corrected chi connectivity index (χ2v) is 5.68. The van der Waals surface area contributed by atoms with Crippen molar-refractivity contribution in [3.8, 4) is 17.2 Å². The number of anilines is 1. The maximum atomic E-state index is 9.08. The third-order valence-electron chi connectivity index (χ3n) is 4.29. The van der Waals surface area contributed by atoms with Gasteiger partial charge >= 0.3 is 0 Å². The van der Waals surface area contributed by atoms with Gasteiger partial charge in [-0.2, -0.15) is 5.26 Å². The summed E-state index contributed by atoms with van der Waals surface area (Å²) in [6.07, 6.45) is 6.42. The number of aromatic nitrogens is 2. The standard InChI is InChI=1S/C18H16N4/c19-10-13-4-3-5-14(8-13)17-12-21-18-16(17)9-15(11-20-18)22-6-1-2-7-22/h3-5,8-9,11-12H,1-2,6-7H2,(H,20,21). The van der Waals surface area contributed by atoms with Gasteiger partial charge in [0.1, 0.15) is 5.65 Å². The van der Waals surface area contributed by atoms with E-state index < -0.39 is 0 Å². The molecule has 108 valence electrons. The van der Waals surface area contributed by atoms with Crippen LogP contribution in [0, 0.1) is 11.3 Å². The highest BCUT2D eigenvalue weighted by atomic mass is 15.1. The lowest BCUT2D eigenvalue weighted by Gasteiger charge is -2.17. The van der Waals surface area contributed by atoms with E-state index in [4.69, 9.17) is 5.26 Å². The van der Waals surface area contributed by atoms with E-state index in [-0.39, 0.29) is 0 Å². The second-order valence-electron chi connectivity index (χ2n) is 5.68. The minimum absolute atomic E-state index is 0.676. The van der Waals surface area contributed by atoms with Gasteiger partial charge in [-0.05, 0) is 36.6 Å². The lowest BCUT2D eigenvalue weighted by atomic mass is 10.0. The monoisotopic (exact) mass is 288 g/mol. The largest absolute Gasteiger partial charge is 0.370 e. The molecule has 1 saturated heterocycles. The van der Waals surface area contributed by atoms with Gasteiger partial charge in [-0.3, -0.25) is 0 Å². The summed E-state index contributed by atoms with van der Waals surface area (Å²) in [5.74, 6) is 0. The number of nitrogens with zero attached hydrogens (tertiary/aromatic N) is 3. The molecule has 1 aromatic carbocycles. The first-order chi connectivity index (χ1) is 10.8. The van der Waals surface area contributed by atoms with Crippen molar-refractivity contribution in [3.05, 3.63) is 48.3 Å². The summed E-state index contributed by atoms with van der Waals surface area (Å²) in [4.78, 5) is 10.2. The first kappa shape index (κ1) is 12.9. The number of rotatable bonds is 2. The van der Waals surface area contributed by atoms with Crippen molar-refractivity contribution >= 4 is 16.7 Å². The van der Waals surface area contributed by atoms with Crippen molar-refractivity contribution in [2.45, 2.75) is 12.8 Å². The minimum atomic E-state index is 0.676. The molecule has 4 heteroatoms. The average Bonchev–Trinajstić information content (AvgIpc) is 3.23. The number of nitriles is 1. The molecule has 0 atom stereocenters. The molecule has 1 aliphatic rings. The van der Waals surface area contributed by atoms with Gasteiger partial charge in [0.25, 0.3) is 0 Å². The highest BCUT2D eigenvalue weighted by Crippen LogP contribution is 2.31. The lowest BCUT2D eigenvalue weighted by molar-refractivity contribution is 0.949. The minimum Gasteiger partial charge on any atom is -0.370 e. The molecule has 2 aromatic heterocycles. The van der Waals surface area contributed by atoms with Crippen LogP contribution in [0.4, 0.5) is 5.69 Å². The molecule has 0 unspecified atom stereocenters. The van der Waals surface area contributed by atoms with Crippen LogP contribution in [0.2, 0.25) is 0 Å². The van der Waals surface area contributed by atoms with Gasteiger partial charge in [-0.15, -0.1) is 0 Å². The maximum Gasteiger partial charge on any atom is 0.138 e. The van der Waals surface area contributed by atoms with Crippen LogP contribution < -0.4 is 4.90 Å². The van der Waals surface area contributed by atoms with Crippen molar-refractivity contribution in [1.29, 1.82) is 5.26 Å². The predicted molar refractivity (Wildman–Crippen MR) is 87.7 cm³/mol. The van der Waals surface area contributed by atoms with E-state index in [0.29, 0.717) is 5.56 Å². The SMILES string of the molecule is N#Cc1cccc(-c2c[nH]c3ncc(N4CCCC4)cc23)c1. The first-order valence-corrected chi connectivity index (χ1v) is 7.58. The van der Waals surface area contributed by atoms with Gasteiger partial charge < -0.3 is 9.88 Å². The highest BCUT2D eigenvalue weighted by molar-refractivity contribution is 5.95. The normalized spacial score (nSPS) is 14.4. The Balaban J connectivity index is 1.83. The van der Waals surface area contributed by atoms with Crippen LogP contribution >= 0.6 is 0 Å². The fourth-order valence-electron chi connectivity index (χ4n) is 3.14. The van der Waals surface area contributed by atoms with Gasteiger partial charge in [0.2, 0.25) is 0 Å². The number of benzene rings is 1. The second kappa shape index (κ2) is 5.19. The molecule has 0 aliphatic carbocycles. The average molecular weight is 288 g/mol. The summed E-state index contributed by atoms with van der Waals surface area (Å²) in [6.45, 7) is 2.22. The molecule has 0 radical (unpaired) electrons. The number of nitrogens with one attached hydrogen (secondary N) is 1. The Kier molecular flexibility index (Phi) is 3.05. The fourth-order valence-corrected chi connectivity index (χ4v) is 3.14. The Morgan fingerprint density at radius 1 is 1.18 bits per heavy atom. The molecule has 0 bridgehead atoms. The molecule has 22 heavy (non-hydrogen) atoms. The smallest absolute Gasteiger partial charge is 0.138 e. The van der Waals surface area contributed by atoms with Crippen LogP contribution in [0.25, 0.3) is 22.2 Å². The molecule has 0 amide bonds. The van der Waals surface area contributed by atoms with Crippen LogP contribution in [0.15, 0.2) is 42.7 Å². The third kappa shape index (κ3) is 2.11. The first-order valence-electron chi connectivity index (χ1n) is 7.58. The Labute approximate surface area is 129 Å². The van der Waals surface area contributed by atoms with Crippen LogP contribution in [0.1, 0.15) is 18.4 Å². The Morgan fingerprint density at radius 3 is 2.86 bits per heavy atom. The zero-order valence-corrected chi connectivity index (χ0v) is 12.2. The molecule has 0 spiro atoms. The number of H-pyrrole nitrogens is 1. The molecule has 4 nitrogen and oxygen atoms in total.